The molecule has 0 bridgehead atoms. The van der Waals surface area contributed by atoms with E-state index in [1.54, 1.807) is 0 Å². The van der Waals surface area contributed by atoms with Crippen LogP contribution in [0.4, 0.5) is 0 Å². The molecular formula is C21H15NO. The van der Waals surface area contributed by atoms with Gasteiger partial charge >= 0.3 is 0 Å². The molecule has 0 saturated heterocycles. The van der Waals surface area contributed by atoms with E-state index in [0.29, 0.717) is 5.56 Å². The summed E-state index contributed by atoms with van der Waals surface area (Å²) in [6, 6.07) is 26.2. The van der Waals surface area contributed by atoms with E-state index in [1.165, 1.54) is 0 Å². The third-order valence-corrected chi connectivity index (χ3v) is 4.24. The molecule has 0 saturated carbocycles. The fraction of sp³-hybridized carbons (Fsp3) is 0. The monoisotopic (exact) mass is 297 g/mol. The smallest absolute Gasteiger partial charge is 0.249 e. The predicted octanol–water partition coefficient (Wildman–Crippen LogP) is 4.76. The van der Waals surface area contributed by atoms with Crippen LogP contribution in [0.2, 0.25) is 0 Å². The van der Waals surface area contributed by atoms with Crippen molar-refractivity contribution >= 4 is 27.5 Å². The van der Waals surface area contributed by atoms with Crippen LogP contribution in [-0.2, 0) is 0 Å². The maximum absolute atomic E-state index is 12.1. The van der Waals surface area contributed by atoms with Gasteiger partial charge in [0.25, 0.3) is 0 Å². The van der Waals surface area contributed by atoms with E-state index in [0.717, 1.165) is 32.7 Å². The van der Waals surface area contributed by atoms with Gasteiger partial charge in [-0.3, -0.25) is 4.79 Å². The first-order valence-electron chi connectivity index (χ1n) is 7.56. The topological polar surface area (TPSA) is 43.1 Å². The van der Waals surface area contributed by atoms with Gasteiger partial charge in [0.1, 0.15) is 0 Å². The summed E-state index contributed by atoms with van der Waals surface area (Å²) in [5, 5.41) is 3.90. The van der Waals surface area contributed by atoms with E-state index in [4.69, 9.17) is 5.73 Å². The highest BCUT2D eigenvalue weighted by molar-refractivity contribution is 6.23. The van der Waals surface area contributed by atoms with Crippen LogP contribution in [0, 0.1) is 0 Å². The second kappa shape index (κ2) is 5.25. The average Bonchev–Trinajstić information content (AvgIpc) is 2.59. The van der Waals surface area contributed by atoms with Crippen LogP contribution in [0.5, 0.6) is 0 Å². The Kier molecular flexibility index (Phi) is 3.09. The number of rotatable bonds is 2. The second-order valence-electron chi connectivity index (χ2n) is 5.57. The summed E-state index contributed by atoms with van der Waals surface area (Å²) in [4.78, 5) is 12.1. The lowest BCUT2D eigenvalue weighted by Gasteiger charge is -2.15. The molecule has 2 N–H and O–H groups in total. The highest BCUT2D eigenvalue weighted by Gasteiger charge is 2.17. The number of primary amides is 1. The van der Waals surface area contributed by atoms with Crippen molar-refractivity contribution in [2.45, 2.75) is 0 Å². The number of amides is 1. The zero-order valence-corrected chi connectivity index (χ0v) is 12.5. The maximum atomic E-state index is 12.1. The third kappa shape index (κ3) is 2.08. The van der Waals surface area contributed by atoms with Crippen LogP contribution >= 0.6 is 0 Å². The molecule has 2 heteroatoms. The Labute approximate surface area is 134 Å². The summed E-state index contributed by atoms with van der Waals surface area (Å²) in [5.74, 6) is -0.392. The van der Waals surface area contributed by atoms with E-state index in [9.17, 15) is 4.79 Å². The van der Waals surface area contributed by atoms with Crippen molar-refractivity contribution in [3.8, 4) is 11.1 Å². The number of hydrogen-bond acceptors (Lipinski definition) is 1. The molecule has 0 aliphatic heterocycles. The molecule has 23 heavy (non-hydrogen) atoms. The lowest BCUT2D eigenvalue weighted by molar-refractivity contribution is 0.100. The quantitative estimate of drug-likeness (QED) is 0.533. The maximum Gasteiger partial charge on any atom is 0.249 e. The molecule has 0 unspecified atom stereocenters. The van der Waals surface area contributed by atoms with Gasteiger partial charge in [-0.25, -0.2) is 0 Å². The van der Waals surface area contributed by atoms with Crippen LogP contribution in [0.1, 0.15) is 10.4 Å². The normalized spacial score (nSPS) is 11.0. The standard InChI is InChI=1S/C21H15NO/c22-21(23)20-17-12-6-4-10-15(17)19(14-8-2-1-3-9-14)16-11-5-7-13-18(16)20/h1-13H,(H2,22,23). The Morgan fingerprint density at radius 1 is 0.609 bits per heavy atom. The Morgan fingerprint density at radius 3 is 1.52 bits per heavy atom. The number of fused-ring (bicyclic) bond motifs is 2. The van der Waals surface area contributed by atoms with Gasteiger partial charge in [0, 0.05) is 0 Å². The Bertz CT molecular complexity index is 979. The van der Waals surface area contributed by atoms with Gasteiger partial charge in [-0.05, 0) is 32.7 Å². The second-order valence-corrected chi connectivity index (χ2v) is 5.57. The third-order valence-electron chi connectivity index (χ3n) is 4.24. The first-order valence-corrected chi connectivity index (χ1v) is 7.56. The number of hydrogen-bond donors (Lipinski definition) is 1. The Hall–Kier alpha value is -3.13. The highest BCUT2D eigenvalue weighted by atomic mass is 16.1. The molecule has 0 atom stereocenters. The molecule has 0 aliphatic carbocycles. The van der Waals surface area contributed by atoms with Gasteiger partial charge in [0.15, 0.2) is 0 Å². The van der Waals surface area contributed by atoms with Gasteiger partial charge in [0.05, 0.1) is 5.56 Å². The van der Waals surface area contributed by atoms with E-state index < -0.39 is 5.91 Å². The lowest BCUT2D eigenvalue weighted by atomic mass is 9.88. The van der Waals surface area contributed by atoms with Crippen LogP contribution < -0.4 is 5.73 Å². The van der Waals surface area contributed by atoms with E-state index in [2.05, 4.69) is 24.3 Å². The fourth-order valence-corrected chi connectivity index (χ4v) is 3.31. The minimum atomic E-state index is -0.392. The van der Waals surface area contributed by atoms with Crippen LogP contribution in [-0.4, -0.2) is 5.91 Å². The molecule has 0 fully saturated rings. The molecule has 0 spiro atoms. The van der Waals surface area contributed by atoms with Crippen molar-refractivity contribution in [3.63, 3.8) is 0 Å². The van der Waals surface area contributed by atoms with Crippen molar-refractivity contribution in [2.75, 3.05) is 0 Å². The summed E-state index contributed by atoms with van der Waals surface area (Å²) in [6.45, 7) is 0. The molecule has 4 rings (SSSR count). The molecule has 0 radical (unpaired) electrons. The Morgan fingerprint density at radius 2 is 1.04 bits per heavy atom. The summed E-state index contributed by atoms with van der Waals surface area (Å²) < 4.78 is 0. The van der Waals surface area contributed by atoms with Gasteiger partial charge < -0.3 is 5.73 Å². The summed E-state index contributed by atoms with van der Waals surface area (Å²) in [7, 11) is 0. The summed E-state index contributed by atoms with van der Waals surface area (Å²) in [5.41, 5.74) is 8.56. The van der Waals surface area contributed by atoms with Gasteiger partial charge in [-0.1, -0.05) is 78.9 Å². The van der Waals surface area contributed by atoms with Gasteiger partial charge in [-0.15, -0.1) is 0 Å². The Balaban J connectivity index is 2.30. The average molecular weight is 297 g/mol. The fourth-order valence-electron chi connectivity index (χ4n) is 3.31. The number of nitrogens with two attached hydrogens (primary N) is 1. The highest BCUT2D eigenvalue weighted by Crippen LogP contribution is 2.38. The first-order chi connectivity index (χ1) is 11.3. The van der Waals surface area contributed by atoms with E-state index >= 15 is 0 Å². The molecule has 0 aliphatic rings. The summed E-state index contributed by atoms with van der Waals surface area (Å²) in [6.07, 6.45) is 0. The largest absolute Gasteiger partial charge is 0.366 e. The zero-order chi connectivity index (χ0) is 15.8. The van der Waals surface area contributed by atoms with Crippen molar-refractivity contribution in [1.82, 2.24) is 0 Å². The molecular weight excluding hydrogens is 282 g/mol. The number of carbonyl (C=O) groups excluding carboxylic acids is 1. The van der Waals surface area contributed by atoms with E-state index in [1.807, 2.05) is 54.6 Å². The zero-order valence-electron chi connectivity index (χ0n) is 12.5. The SMILES string of the molecule is NC(=O)c1c2ccccc2c(-c2ccccc2)c2ccccc12. The van der Waals surface area contributed by atoms with Crippen molar-refractivity contribution in [2.24, 2.45) is 5.73 Å². The number of carbonyl (C=O) groups is 1. The number of benzene rings is 4. The molecule has 0 aromatic heterocycles. The van der Waals surface area contributed by atoms with Gasteiger partial charge in [-0.2, -0.15) is 0 Å². The molecule has 4 aromatic rings. The lowest BCUT2D eigenvalue weighted by Crippen LogP contribution is -2.12. The van der Waals surface area contributed by atoms with Crippen LogP contribution in [0.15, 0.2) is 78.9 Å². The van der Waals surface area contributed by atoms with Crippen LogP contribution in [0.25, 0.3) is 32.7 Å². The van der Waals surface area contributed by atoms with Crippen molar-refractivity contribution < 1.29 is 4.79 Å². The summed E-state index contributed by atoms with van der Waals surface area (Å²) >= 11 is 0. The minimum Gasteiger partial charge on any atom is -0.366 e. The predicted molar refractivity (Wildman–Crippen MR) is 95.4 cm³/mol. The van der Waals surface area contributed by atoms with Crippen molar-refractivity contribution in [1.29, 1.82) is 0 Å². The molecule has 1 amide bonds. The molecule has 0 heterocycles. The van der Waals surface area contributed by atoms with Gasteiger partial charge in [0.2, 0.25) is 5.91 Å². The minimum absolute atomic E-state index is 0.392. The first kappa shape index (κ1) is 13.5. The molecule has 4 aromatic carbocycles. The van der Waals surface area contributed by atoms with E-state index in [-0.39, 0.29) is 0 Å². The molecule has 2 nitrogen and oxygen atoms in total. The van der Waals surface area contributed by atoms with Crippen molar-refractivity contribution in [3.05, 3.63) is 84.4 Å². The molecule has 110 valence electrons. The van der Waals surface area contributed by atoms with Crippen LogP contribution in [0.3, 0.4) is 0 Å².